The van der Waals surface area contributed by atoms with Gasteiger partial charge in [0, 0.05) is 0 Å². The lowest BCUT2D eigenvalue weighted by atomic mass is 10.0. The molecule has 1 aromatic carbocycles. The number of ether oxygens (including phenoxy) is 2. The third kappa shape index (κ3) is 5.62. The molecule has 0 saturated heterocycles. The fourth-order valence-electron chi connectivity index (χ4n) is 2.07. The molecule has 2 N–H and O–H groups in total. The van der Waals surface area contributed by atoms with Gasteiger partial charge in [-0.15, -0.1) is 0 Å². The Kier molecular flexibility index (Phi) is 5.83. The van der Waals surface area contributed by atoms with Crippen LogP contribution in [0.25, 0.3) is 0 Å². The Bertz CT molecular complexity index is 385. The van der Waals surface area contributed by atoms with Gasteiger partial charge in [0.15, 0.2) is 0 Å². The van der Waals surface area contributed by atoms with Crippen LogP contribution >= 0.6 is 0 Å². The molecule has 0 aromatic heterocycles. The quantitative estimate of drug-likeness (QED) is 0.804. The van der Waals surface area contributed by atoms with Crippen LogP contribution in [0.3, 0.4) is 0 Å². The Morgan fingerprint density at radius 2 is 1.63 bits per heavy atom. The van der Waals surface area contributed by atoms with Crippen molar-refractivity contribution in [2.24, 2.45) is 5.73 Å². The van der Waals surface area contributed by atoms with E-state index in [-0.39, 0.29) is 5.60 Å². The monoisotopic (exact) mass is 265 g/mol. The Morgan fingerprint density at radius 1 is 1.05 bits per heavy atom. The van der Waals surface area contributed by atoms with Crippen molar-refractivity contribution in [3.05, 3.63) is 28.8 Å². The lowest BCUT2D eigenvalue weighted by molar-refractivity contribution is -0.0164. The molecule has 0 aliphatic carbocycles. The third-order valence-electron chi connectivity index (χ3n) is 2.82. The van der Waals surface area contributed by atoms with Gasteiger partial charge in [-0.2, -0.15) is 0 Å². The predicted octanol–water partition coefficient (Wildman–Crippen LogP) is 3.00. The first-order valence-corrected chi connectivity index (χ1v) is 6.90. The molecule has 0 unspecified atom stereocenters. The van der Waals surface area contributed by atoms with Crippen LogP contribution in [0.1, 0.15) is 37.5 Å². The summed E-state index contributed by atoms with van der Waals surface area (Å²) in [6.07, 6.45) is 0.912. The molecule has 0 bridgehead atoms. The topological polar surface area (TPSA) is 44.5 Å². The highest BCUT2D eigenvalue weighted by atomic mass is 16.5. The van der Waals surface area contributed by atoms with E-state index >= 15 is 0 Å². The highest BCUT2D eigenvalue weighted by molar-refractivity contribution is 5.43. The smallest absolute Gasteiger partial charge is 0.125 e. The van der Waals surface area contributed by atoms with E-state index in [1.807, 2.05) is 20.8 Å². The summed E-state index contributed by atoms with van der Waals surface area (Å²) in [6, 6.07) is 4.31. The summed E-state index contributed by atoms with van der Waals surface area (Å²) >= 11 is 0. The molecule has 0 saturated carbocycles. The Balaban J connectivity index is 2.59. The molecule has 0 spiro atoms. The van der Waals surface area contributed by atoms with Crippen molar-refractivity contribution in [3.8, 4) is 5.75 Å². The summed E-state index contributed by atoms with van der Waals surface area (Å²) in [5, 5.41) is 0. The maximum atomic E-state index is 5.84. The van der Waals surface area contributed by atoms with Crippen molar-refractivity contribution in [3.63, 3.8) is 0 Å². The van der Waals surface area contributed by atoms with Crippen molar-refractivity contribution in [2.45, 2.75) is 46.6 Å². The number of aryl methyl sites for hydroxylation is 2. The van der Waals surface area contributed by atoms with Gasteiger partial charge < -0.3 is 15.2 Å². The van der Waals surface area contributed by atoms with E-state index in [2.05, 4.69) is 26.0 Å². The molecule has 0 fully saturated rings. The van der Waals surface area contributed by atoms with Crippen molar-refractivity contribution < 1.29 is 9.47 Å². The molecule has 0 aliphatic rings. The van der Waals surface area contributed by atoms with E-state index in [0.717, 1.165) is 12.2 Å². The van der Waals surface area contributed by atoms with Crippen LogP contribution in [0.15, 0.2) is 12.1 Å². The summed E-state index contributed by atoms with van der Waals surface area (Å²) in [5.74, 6) is 0.971. The second kappa shape index (κ2) is 6.92. The van der Waals surface area contributed by atoms with Crippen LogP contribution in [0.4, 0.5) is 0 Å². The zero-order valence-electron chi connectivity index (χ0n) is 12.9. The van der Waals surface area contributed by atoms with E-state index in [1.165, 1.54) is 16.7 Å². The first kappa shape index (κ1) is 16.0. The second-order valence-corrected chi connectivity index (χ2v) is 5.91. The molecule has 0 atom stereocenters. The molecule has 3 nitrogen and oxygen atoms in total. The Hall–Kier alpha value is -1.06. The number of rotatable bonds is 6. The van der Waals surface area contributed by atoms with Crippen LogP contribution in [-0.4, -0.2) is 25.4 Å². The third-order valence-corrected chi connectivity index (χ3v) is 2.82. The van der Waals surface area contributed by atoms with Crippen LogP contribution in [0, 0.1) is 13.8 Å². The van der Waals surface area contributed by atoms with Gasteiger partial charge in [0.2, 0.25) is 0 Å². The van der Waals surface area contributed by atoms with Gasteiger partial charge in [-0.3, -0.25) is 0 Å². The number of hydrogen-bond acceptors (Lipinski definition) is 3. The van der Waals surface area contributed by atoms with Crippen molar-refractivity contribution in [1.82, 2.24) is 0 Å². The molecule has 0 aliphatic heterocycles. The minimum atomic E-state index is -0.113. The van der Waals surface area contributed by atoms with Crippen molar-refractivity contribution in [2.75, 3.05) is 19.8 Å². The van der Waals surface area contributed by atoms with Crippen molar-refractivity contribution >= 4 is 0 Å². The number of benzene rings is 1. The molecule has 0 amide bonds. The SMILES string of the molecule is Cc1cc(CCN)cc(C)c1OCCOC(C)(C)C. The van der Waals surface area contributed by atoms with Gasteiger partial charge in [-0.1, -0.05) is 12.1 Å². The Labute approximate surface area is 117 Å². The average molecular weight is 265 g/mol. The predicted molar refractivity (Wildman–Crippen MR) is 79.9 cm³/mol. The largest absolute Gasteiger partial charge is 0.491 e. The lowest BCUT2D eigenvalue weighted by Gasteiger charge is -2.20. The highest BCUT2D eigenvalue weighted by Crippen LogP contribution is 2.25. The molecule has 19 heavy (non-hydrogen) atoms. The van der Waals surface area contributed by atoms with Crippen LogP contribution in [0.5, 0.6) is 5.75 Å². The summed E-state index contributed by atoms with van der Waals surface area (Å²) in [6.45, 7) is 12.2. The van der Waals surface area contributed by atoms with E-state index in [4.69, 9.17) is 15.2 Å². The molecule has 3 heteroatoms. The second-order valence-electron chi connectivity index (χ2n) is 5.91. The van der Waals surface area contributed by atoms with Crippen LogP contribution < -0.4 is 10.5 Å². The first-order chi connectivity index (χ1) is 8.83. The molecular weight excluding hydrogens is 238 g/mol. The fourth-order valence-corrected chi connectivity index (χ4v) is 2.07. The fraction of sp³-hybridized carbons (Fsp3) is 0.625. The van der Waals surface area contributed by atoms with Gasteiger partial charge >= 0.3 is 0 Å². The van der Waals surface area contributed by atoms with Gasteiger partial charge in [0.05, 0.1) is 12.2 Å². The number of nitrogens with two attached hydrogens (primary N) is 1. The molecule has 108 valence electrons. The minimum Gasteiger partial charge on any atom is -0.491 e. The molecule has 0 radical (unpaired) electrons. The van der Waals surface area contributed by atoms with Gasteiger partial charge in [0.1, 0.15) is 12.4 Å². The van der Waals surface area contributed by atoms with E-state index in [1.54, 1.807) is 0 Å². The standard InChI is InChI=1S/C16H27NO2/c1-12-10-14(6-7-17)11-13(2)15(12)18-8-9-19-16(3,4)5/h10-11H,6-9,17H2,1-5H3. The molecular formula is C16H27NO2. The van der Waals surface area contributed by atoms with Gasteiger partial charge in [-0.25, -0.2) is 0 Å². The van der Waals surface area contributed by atoms with Crippen LogP contribution in [-0.2, 0) is 11.2 Å². The summed E-state index contributed by atoms with van der Waals surface area (Å²) in [5.41, 5.74) is 9.08. The maximum Gasteiger partial charge on any atom is 0.125 e. The highest BCUT2D eigenvalue weighted by Gasteiger charge is 2.10. The first-order valence-electron chi connectivity index (χ1n) is 6.90. The zero-order chi connectivity index (χ0) is 14.5. The number of hydrogen-bond donors (Lipinski definition) is 1. The van der Waals surface area contributed by atoms with E-state index < -0.39 is 0 Å². The normalized spacial score (nSPS) is 11.7. The van der Waals surface area contributed by atoms with Gasteiger partial charge in [-0.05, 0) is 64.3 Å². The lowest BCUT2D eigenvalue weighted by Crippen LogP contribution is -2.22. The maximum absolute atomic E-state index is 5.84. The van der Waals surface area contributed by atoms with E-state index in [9.17, 15) is 0 Å². The molecule has 1 rings (SSSR count). The molecule has 0 heterocycles. The Morgan fingerprint density at radius 3 is 2.11 bits per heavy atom. The van der Waals surface area contributed by atoms with Gasteiger partial charge in [0.25, 0.3) is 0 Å². The van der Waals surface area contributed by atoms with E-state index in [0.29, 0.717) is 19.8 Å². The summed E-state index contributed by atoms with van der Waals surface area (Å²) in [4.78, 5) is 0. The minimum absolute atomic E-state index is 0.113. The average Bonchev–Trinajstić information content (AvgIpc) is 2.26. The summed E-state index contributed by atoms with van der Waals surface area (Å²) < 4.78 is 11.5. The molecule has 1 aromatic rings. The summed E-state index contributed by atoms with van der Waals surface area (Å²) in [7, 11) is 0. The van der Waals surface area contributed by atoms with Crippen molar-refractivity contribution in [1.29, 1.82) is 0 Å². The zero-order valence-corrected chi connectivity index (χ0v) is 12.9. The van der Waals surface area contributed by atoms with Crippen LogP contribution in [0.2, 0.25) is 0 Å².